The van der Waals surface area contributed by atoms with Crippen LogP contribution in [0.2, 0.25) is 0 Å². The van der Waals surface area contributed by atoms with Gasteiger partial charge in [-0.3, -0.25) is 4.79 Å². The topological polar surface area (TPSA) is 49.3 Å². The lowest BCUT2D eigenvalue weighted by molar-refractivity contribution is 0.0792. The molecular formula is C16H26N4O. The van der Waals surface area contributed by atoms with E-state index in [4.69, 9.17) is 0 Å². The maximum atomic E-state index is 12.2. The largest absolute Gasteiger partial charge is 0.342 e. The van der Waals surface area contributed by atoms with Crippen molar-refractivity contribution in [1.82, 2.24) is 14.9 Å². The minimum absolute atomic E-state index is 0.00210. The summed E-state index contributed by atoms with van der Waals surface area (Å²) in [7, 11) is 1.83. The zero-order valence-corrected chi connectivity index (χ0v) is 13.4. The number of hydrogen-bond acceptors (Lipinski definition) is 4. The van der Waals surface area contributed by atoms with Crippen molar-refractivity contribution in [2.24, 2.45) is 5.92 Å². The Morgan fingerprint density at radius 2 is 1.95 bits per heavy atom. The van der Waals surface area contributed by atoms with Gasteiger partial charge in [-0.25, -0.2) is 9.97 Å². The molecule has 0 spiro atoms. The van der Waals surface area contributed by atoms with E-state index in [0.29, 0.717) is 5.56 Å². The Morgan fingerprint density at radius 1 is 1.33 bits per heavy atom. The molecule has 0 aliphatic carbocycles. The highest BCUT2D eigenvalue weighted by molar-refractivity contribution is 5.93. The van der Waals surface area contributed by atoms with Crippen LogP contribution in [0.25, 0.3) is 0 Å². The van der Waals surface area contributed by atoms with Crippen LogP contribution in [0.15, 0.2) is 12.4 Å². The number of piperidine rings is 1. The third-order valence-electron chi connectivity index (χ3n) is 4.15. The second-order valence-corrected chi connectivity index (χ2v) is 6.02. The molecule has 116 valence electrons. The van der Waals surface area contributed by atoms with Crippen LogP contribution in [0.5, 0.6) is 0 Å². The molecule has 2 heterocycles. The van der Waals surface area contributed by atoms with Crippen molar-refractivity contribution in [2.75, 3.05) is 31.6 Å². The van der Waals surface area contributed by atoms with Crippen molar-refractivity contribution < 1.29 is 4.79 Å². The molecule has 0 N–H and O–H groups in total. The van der Waals surface area contributed by atoms with Crippen molar-refractivity contribution in [2.45, 2.75) is 39.5 Å². The first-order valence-corrected chi connectivity index (χ1v) is 7.94. The molecule has 0 aromatic carbocycles. The number of anilines is 1. The van der Waals surface area contributed by atoms with Gasteiger partial charge in [0.05, 0.1) is 5.56 Å². The SMILES string of the molecule is CCCCN(C)C(=O)c1cnc(N2CCC(C)CC2)nc1. The van der Waals surface area contributed by atoms with Crippen molar-refractivity contribution in [1.29, 1.82) is 0 Å². The summed E-state index contributed by atoms with van der Waals surface area (Å²) >= 11 is 0. The highest BCUT2D eigenvalue weighted by atomic mass is 16.2. The highest BCUT2D eigenvalue weighted by Crippen LogP contribution is 2.19. The molecule has 1 aromatic heterocycles. The average Bonchev–Trinajstić information content (AvgIpc) is 2.53. The first-order valence-electron chi connectivity index (χ1n) is 7.94. The Balaban J connectivity index is 1.96. The van der Waals surface area contributed by atoms with E-state index in [1.807, 2.05) is 7.05 Å². The minimum Gasteiger partial charge on any atom is -0.342 e. The van der Waals surface area contributed by atoms with Gasteiger partial charge in [0, 0.05) is 39.1 Å². The standard InChI is InChI=1S/C16H26N4O/c1-4-5-8-19(3)15(21)14-11-17-16(18-12-14)20-9-6-13(2)7-10-20/h11-13H,4-10H2,1-3H3. The quantitative estimate of drug-likeness (QED) is 0.836. The number of nitrogens with zero attached hydrogens (tertiary/aromatic N) is 4. The minimum atomic E-state index is 0.00210. The molecular weight excluding hydrogens is 264 g/mol. The normalized spacial score (nSPS) is 16.0. The molecule has 0 saturated carbocycles. The summed E-state index contributed by atoms with van der Waals surface area (Å²) in [4.78, 5) is 24.9. The Kier molecular flexibility index (Phi) is 5.53. The Labute approximate surface area is 127 Å². The number of hydrogen-bond donors (Lipinski definition) is 0. The van der Waals surface area contributed by atoms with Gasteiger partial charge in [0.2, 0.25) is 5.95 Å². The molecule has 1 amide bonds. The molecule has 0 bridgehead atoms. The highest BCUT2D eigenvalue weighted by Gasteiger charge is 2.19. The van der Waals surface area contributed by atoms with E-state index in [2.05, 4.69) is 28.7 Å². The first-order chi connectivity index (χ1) is 10.1. The summed E-state index contributed by atoms with van der Waals surface area (Å²) in [5.74, 6) is 1.53. The molecule has 2 rings (SSSR count). The second-order valence-electron chi connectivity index (χ2n) is 6.02. The average molecular weight is 290 g/mol. The third kappa shape index (κ3) is 4.16. The fourth-order valence-corrected chi connectivity index (χ4v) is 2.52. The summed E-state index contributed by atoms with van der Waals surface area (Å²) < 4.78 is 0. The van der Waals surface area contributed by atoms with Crippen LogP contribution >= 0.6 is 0 Å². The Morgan fingerprint density at radius 3 is 2.52 bits per heavy atom. The predicted molar refractivity (Wildman–Crippen MR) is 84.5 cm³/mol. The Hall–Kier alpha value is -1.65. The lowest BCUT2D eigenvalue weighted by Gasteiger charge is -2.30. The zero-order chi connectivity index (χ0) is 15.2. The molecule has 0 atom stereocenters. The summed E-state index contributed by atoms with van der Waals surface area (Å²) in [6.07, 6.45) is 7.79. The number of rotatable bonds is 5. The van der Waals surface area contributed by atoms with Gasteiger partial charge in [-0.05, 0) is 25.2 Å². The van der Waals surface area contributed by atoms with Crippen LogP contribution in [-0.4, -0.2) is 47.5 Å². The number of unbranched alkanes of at least 4 members (excludes halogenated alkanes) is 1. The molecule has 0 unspecified atom stereocenters. The molecule has 5 heteroatoms. The van der Waals surface area contributed by atoms with E-state index in [1.54, 1.807) is 17.3 Å². The summed E-state index contributed by atoms with van der Waals surface area (Å²) in [6, 6.07) is 0. The van der Waals surface area contributed by atoms with Gasteiger partial charge in [-0.2, -0.15) is 0 Å². The maximum Gasteiger partial charge on any atom is 0.256 e. The number of amides is 1. The molecule has 1 fully saturated rings. The van der Waals surface area contributed by atoms with E-state index >= 15 is 0 Å². The second kappa shape index (κ2) is 7.38. The van der Waals surface area contributed by atoms with Gasteiger partial charge in [0.15, 0.2) is 0 Å². The Bertz CT molecular complexity index is 452. The van der Waals surface area contributed by atoms with Crippen LogP contribution in [0.1, 0.15) is 49.9 Å². The van der Waals surface area contributed by atoms with Crippen LogP contribution < -0.4 is 4.90 Å². The molecule has 1 aliphatic rings. The first kappa shape index (κ1) is 15.7. The third-order valence-corrected chi connectivity index (χ3v) is 4.15. The molecule has 0 radical (unpaired) electrons. The van der Waals surface area contributed by atoms with Gasteiger partial charge in [-0.1, -0.05) is 20.3 Å². The molecule has 1 saturated heterocycles. The lowest BCUT2D eigenvalue weighted by atomic mass is 10.00. The van der Waals surface area contributed by atoms with Crippen molar-refractivity contribution in [3.8, 4) is 0 Å². The predicted octanol–water partition coefficient (Wildman–Crippen LogP) is 2.59. The van der Waals surface area contributed by atoms with Crippen molar-refractivity contribution in [3.05, 3.63) is 18.0 Å². The molecule has 1 aromatic rings. The monoisotopic (exact) mass is 290 g/mol. The number of aromatic nitrogens is 2. The smallest absolute Gasteiger partial charge is 0.256 e. The zero-order valence-electron chi connectivity index (χ0n) is 13.4. The summed E-state index contributed by atoms with van der Waals surface area (Å²) in [6.45, 7) is 7.19. The molecule has 21 heavy (non-hydrogen) atoms. The van der Waals surface area contributed by atoms with Gasteiger partial charge in [0.25, 0.3) is 5.91 Å². The van der Waals surface area contributed by atoms with Crippen molar-refractivity contribution >= 4 is 11.9 Å². The van der Waals surface area contributed by atoms with E-state index in [9.17, 15) is 4.79 Å². The van der Waals surface area contributed by atoms with Gasteiger partial charge in [-0.15, -0.1) is 0 Å². The fraction of sp³-hybridized carbons (Fsp3) is 0.688. The maximum absolute atomic E-state index is 12.2. The van der Waals surface area contributed by atoms with Gasteiger partial charge < -0.3 is 9.80 Å². The summed E-state index contributed by atoms with van der Waals surface area (Å²) in [5.41, 5.74) is 0.572. The van der Waals surface area contributed by atoms with Crippen LogP contribution in [0.3, 0.4) is 0 Å². The van der Waals surface area contributed by atoms with Crippen LogP contribution in [-0.2, 0) is 0 Å². The number of carbonyl (C=O) groups excluding carboxylic acids is 1. The lowest BCUT2D eigenvalue weighted by Crippen LogP contribution is -2.34. The van der Waals surface area contributed by atoms with E-state index in [0.717, 1.165) is 44.3 Å². The van der Waals surface area contributed by atoms with E-state index in [1.165, 1.54) is 12.8 Å². The number of carbonyl (C=O) groups is 1. The molecule has 5 nitrogen and oxygen atoms in total. The fourth-order valence-electron chi connectivity index (χ4n) is 2.52. The van der Waals surface area contributed by atoms with Crippen LogP contribution in [0.4, 0.5) is 5.95 Å². The van der Waals surface area contributed by atoms with Gasteiger partial charge in [0.1, 0.15) is 0 Å². The molecule has 1 aliphatic heterocycles. The van der Waals surface area contributed by atoms with Crippen molar-refractivity contribution in [3.63, 3.8) is 0 Å². The van der Waals surface area contributed by atoms with Gasteiger partial charge >= 0.3 is 0 Å². The van der Waals surface area contributed by atoms with E-state index in [-0.39, 0.29) is 5.91 Å². The van der Waals surface area contributed by atoms with E-state index < -0.39 is 0 Å². The summed E-state index contributed by atoms with van der Waals surface area (Å²) in [5, 5.41) is 0. The van der Waals surface area contributed by atoms with Crippen LogP contribution in [0, 0.1) is 5.92 Å².